The smallest absolute Gasteiger partial charge is 0.187 e. The van der Waals surface area contributed by atoms with Gasteiger partial charge in [-0.05, 0) is 13.8 Å². The topological polar surface area (TPSA) is 157 Å². The first-order valence-corrected chi connectivity index (χ1v) is 8.83. The summed E-state index contributed by atoms with van der Waals surface area (Å²) < 4.78 is 32.9. The minimum atomic E-state index is -1.47. The van der Waals surface area contributed by atoms with Gasteiger partial charge in [0.25, 0.3) is 0 Å². The van der Waals surface area contributed by atoms with Gasteiger partial charge in [-0.3, -0.25) is 0 Å². The van der Waals surface area contributed by atoms with E-state index in [0.29, 0.717) is 0 Å². The van der Waals surface area contributed by atoms with Gasteiger partial charge in [0.05, 0.1) is 13.2 Å². The van der Waals surface area contributed by atoms with Crippen LogP contribution in [0.1, 0.15) is 13.8 Å². The van der Waals surface area contributed by atoms with Crippen LogP contribution in [0.3, 0.4) is 0 Å². The normalized spacial score (nSPS) is 49.8. The minimum absolute atomic E-state index is 0.408. The van der Waals surface area contributed by atoms with Crippen LogP contribution in [-0.2, 0) is 28.4 Å². The number of aliphatic hydroxyl groups excluding tert-OH is 5. The first kappa shape index (κ1) is 21.3. The Bertz CT molecular complexity index is 501. The van der Waals surface area contributed by atoms with Gasteiger partial charge < -0.3 is 54.0 Å². The lowest BCUT2D eigenvalue weighted by molar-refractivity contribution is -0.351. The third-order valence-electron chi connectivity index (χ3n) is 4.98. The summed E-state index contributed by atoms with van der Waals surface area (Å²) in [7, 11) is 1.29. The molecule has 3 saturated heterocycles. The summed E-state index contributed by atoms with van der Waals surface area (Å²) in [4.78, 5) is 0. The van der Waals surface area contributed by atoms with Crippen molar-refractivity contribution >= 4 is 0 Å². The van der Waals surface area contributed by atoms with Gasteiger partial charge in [0.2, 0.25) is 0 Å². The molecular weight excluding hydrogens is 368 g/mol. The minimum Gasteiger partial charge on any atom is -0.394 e. The molecule has 0 bridgehead atoms. The molecule has 0 aromatic heterocycles. The van der Waals surface area contributed by atoms with Crippen molar-refractivity contribution in [1.82, 2.24) is 0 Å². The lowest BCUT2D eigenvalue weighted by Gasteiger charge is -2.45. The van der Waals surface area contributed by atoms with Gasteiger partial charge in [0, 0.05) is 7.11 Å². The highest BCUT2D eigenvalue weighted by Crippen LogP contribution is 2.38. The third kappa shape index (κ3) is 4.00. The summed E-state index contributed by atoms with van der Waals surface area (Å²) in [6.07, 6.45) is -11.3. The van der Waals surface area contributed by atoms with Crippen LogP contribution in [0.2, 0.25) is 0 Å². The quantitative estimate of drug-likeness (QED) is 0.324. The van der Waals surface area contributed by atoms with Crippen molar-refractivity contribution in [2.24, 2.45) is 0 Å². The zero-order valence-corrected chi connectivity index (χ0v) is 15.4. The lowest BCUT2D eigenvalue weighted by Crippen LogP contribution is -2.64. The van der Waals surface area contributed by atoms with Crippen molar-refractivity contribution in [3.05, 3.63) is 0 Å². The second-order valence-electron chi connectivity index (χ2n) is 7.32. The van der Waals surface area contributed by atoms with Gasteiger partial charge in [0.15, 0.2) is 18.4 Å². The highest BCUT2D eigenvalue weighted by atomic mass is 16.8. The van der Waals surface area contributed by atoms with Crippen molar-refractivity contribution in [3.8, 4) is 0 Å². The second kappa shape index (κ2) is 8.13. The van der Waals surface area contributed by atoms with Crippen molar-refractivity contribution < 1.29 is 54.0 Å². The Morgan fingerprint density at radius 3 is 2.00 bits per heavy atom. The molecule has 0 unspecified atom stereocenters. The van der Waals surface area contributed by atoms with Crippen molar-refractivity contribution in [3.63, 3.8) is 0 Å². The number of fused-ring (bicyclic) bond motifs is 1. The van der Waals surface area contributed by atoms with Crippen LogP contribution >= 0.6 is 0 Å². The van der Waals surface area contributed by atoms with E-state index in [4.69, 9.17) is 28.4 Å². The van der Waals surface area contributed by atoms with E-state index in [1.54, 1.807) is 13.8 Å². The van der Waals surface area contributed by atoms with Gasteiger partial charge in [-0.15, -0.1) is 0 Å². The Morgan fingerprint density at radius 1 is 0.815 bits per heavy atom. The molecule has 0 aromatic rings. The Labute approximate surface area is 156 Å². The number of rotatable bonds is 5. The molecule has 3 heterocycles. The predicted molar refractivity (Wildman–Crippen MR) is 85.2 cm³/mol. The molecule has 3 aliphatic heterocycles. The Balaban J connectivity index is 1.75. The number of aliphatic hydroxyl groups is 5. The van der Waals surface area contributed by atoms with Crippen molar-refractivity contribution in [1.29, 1.82) is 0 Å². The molecule has 3 rings (SSSR count). The third-order valence-corrected chi connectivity index (χ3v) is 4.98. The fraction of sp³-hybridized carbons (Fsp3) is 1.00. The number of hydrogen-bond donors (Lipinski definition) is 5. The maximum absolute atomic E-state index is 10.6. The molecule has 0 saturated carbocycles. The molecule has 3 fully saturated rings. The molecule has 10 atom stereocenters. The lowest BCUT2D eigenvalue weighted by atomic mass is 9.97. The van der Waals surface area contributed by atoms with Gasteiger partial charge in [-0.2, -0.15) is 0 Å². The van der Waals surface area contributed by atoms with Crippen LogP contribution < -0.4 is 0 Å². The molecule has 11 heteroatoms. The van der Waals surface area contributed by atoms with Gasteiger partial charge >= 0.3 is 0 Å². The molecule has 0 radical (unpaired) electrons. The van der Waals surface area contributed by atoms with Crippen LogP contribution in [0.4, 0.5) is 0 Å². The van der Waals surface area contributed by atoms with Crippen LogP contribution in [0.5, 0.6) is 0 Å². The summed E-state index contributed by atoms with van der Waals surface area (Å²) in [5.74, 6) is -0.981. The fourth-order valence-electron chi connectivity index (χ4n) is 3.68. The molecule has 158 valence electrons. The van der Waals surface area contributed by atoms with Crippen molar-refractivity contribution in [2.45, 2.75) is 81.0 Å². The van der Waals surface area contributed by atoms with Crippen molar-refractivity contribution in [2.75, 3.05) is 20.3 Å². The summed E-state index contributed by atoms with van der Waals surface area (Å²) >= 11 is 0. The molecule has 0 spiro atoms. The average Bonchev–Trinajstić information content (AvgIpc) is 2.97. The Morgan fingerprint density at radius 2 is 1.41 bits per heavy atom. The average molecular weight is 396 g/mol. The molecule has 0 aromatic carbocycles. The van der Waals surface area contributed by atoms with E-state index in [1.165, 1.54) is 7.11 Å². The highest BCUT2D eigenvalue weighted by Gasteiger charge is 2.56. The largest absolute Gasteiger partial charge is 0.394 e. The zero-order valence-electron chi connectivity index (χ0n) is 15.4. The monoisotopic (exact) mass is 396 g/mol. The van der Waals surface area contributed by atoms with E-state index < -0.39 is 80.4 Å². The summed E-state index contributed by atoms with van der Waals surface area (Å²) in [5.41, 5.74) is 0. The Kier molecular flexibility index (Phi) is 6.40. The molecule has 3 aliphatic rings. The molecule has 11 nitrogen and oxygen atoms in total. The van der Waals surface area contributed by atoms with Gasteiger partial charge in [-0.1, -0.05) is 0 Å². The summed E-state index contributed by atoms with van der Waals surface area (Å²) in [6.45, 7) is 2.40. The number of hydrogen-bond acceptors (Lipinski definition) is 11. The zero-order chi connectivity index (χ0) is 19.9. The second-order valence-corrected chi connectivity index (χ2v) is 7.32. The molecule has 0 amide bonds. The first-order valence-electron chi connectivity index (χ1n) is 8.83. The molecular formula is C16H28O11. The number of ether oxygens (including phenoxy) is 6. The maximum atomic E-state index is 10.6. The van der Waals surface area contributed by atoms with E-state index in [0.717, 1.165) is 0 Å². The molecule has 27 heavy (non-hydrogen) atoms. The standard InChI is InChI=1S/C16H28O11/c1-16(2)26-12-7(5-18)24-15(10(21)13(12)27-16)25-11-6(4-17)23-14(22-3)9(20)8(11)19/h6-15,17-21H,4-5H2,1-3H3/t6-,7-,8-,9-,10-,11-,12+,13-,14-,15+/m1/s1. The fourth-order valence-corrected chi connectivity index (χ4v) is 3.68. The molecule has 5 N–H and O–H groups in total. The summed E-state index contributed by atoms with van der Waals surface area (Å²) in [6, 6.07) is 0. The highest BCUT2D eigenvalue weighted by molar-refractivity contribution is 4.98. The van der Waals surface area contributed by atoms with Gasteiger partial charge in [-0.25, -0.2) is 0 Å². The molecule has 0 aliphatic carbocycles. The van der Waals surface area contributed by atoms with Crippen LogP contribution in [-0.4, -0.2) is 113 Å². The Hall–Kier alpha value is -0.440. The van der Waals surface area contributed by atoms with E-state index in [2.05, 4.69) is 0 Å². The van der Waals surface area contributed by atoms with E-state index >= 15 is 0 Å². The summed E-state index contributed by atoms with van der Waals surface area (Å²) in [5, 5.41) is 50.2. The van der Waals surface area contributed by atoms with Crippen LogP contribution in [0.15, 0.2) is 0 Å². The number of methoxy groups -OCH3 is 1. The van der Waals surface area contributed by atoms with E-state index in [-0.39, 0.29) is 0 Å². The van der Waals surface area contributed by atoms with E-state index in [1.807, 2.05) is 0 Å². The SMILES string of the molecule is CO[C@@H]1O[C@H](CO)[C@@H](O[C@@H]2O[C@H](CO)[C@@H]3OC(C)(C)O[C@@H]3[C@H]2O)[C@H](O)[C@H]1O. The maximum Gasteiger partial charge on any atom is 0.187 e. The van der Waals surface area contributed by atoms with Crippen LogP contribution in [0.25, 0.3) is 0 Å². The van der Waals surface area contributed by atoms with E-state index in [9.17, 15) is 25.5 Å². The first-order chi connectivity index (χ1) is 12.7. The van der Waals surface area contributed by atoms with Gasteiger partial charge in [0.1, 0.15) is 48.8 Å². The predicted octanol–water partition coefficient (Wildman–Crippen LogP) is -2.94. The van der Waals surface area contributed by atoms with Crippen LogP contribution in [0, 0.1) is 0 Å².